The fourth-order valence-corrected chi connectivity index (χ4v) is 2.45. The van der Waals surface area contributed by atoms with Gasteiger partial charge in [-0.25, -0.2) is 0 Å². The Balaban J connectivity index is 2.91. The van der Waals surface area contributed by atoms with Gasteiger partial charge in [0.05, 0.1) is 12.1 Å². The minimum absolute atomic E-state index is 0.00263. The predicted octanol–water partition coefficient (Wildman–Crippen LogP) is 1.53. The van der Waals surface area contributed by atoms with E-state index in [0.29, 0.717) is 6.42 Å². The molecule has 1 aromatic carbocycles. The van der Waals surface area contributed by atoms with Crippen molar-refractivity contribution < 1.29 is 14.6 Å². The normalized spacial score (nSPS) is 15.2. The molecule has 4 N–H and O–H groups in total. The van der Waals surface area contributed by atoms with Gasteiger partial charge in [-0.3, -0.25) is 4.79 Å². The monoisotopic (exact) mass is 306 g/mol. The van der Waals surface area contributed by atoms with E-state index in [9.17, 15) is 9.82 Å². The molecule has 0 aliphatic rings. The highest BCUT2D eigenvalue weighted by molar-refractivity contribution is 6.46. The van der Waals surface area contributed by atoms with Gasteiger partial charge in [0.2, 0.25) is 0 Å². The Kier molecular flexibility index (Phi) is 7.58. The molecule has 122 valence electrons. The molecule has 0 bridgehead atoms. The highest BCUT2D eigenvalue weighted by atomic mass is 16.5. The lowest BCUT2D eigenvalue weighted by molar-refractivity contribution is -0.149. The summed E-state index contributed by atoms with van der Waals surface area (Å²) in [5.74, 6) is -0.366. The van der Waals surface area contributed by atoms with E-state index in [-0.39, 0.29) is 24.0 Å². The van der Waals surface area contributed by atoms with Gasteiger partial charge in [0.1, 0.15) is 0 Å². The molecule has 22 heavy (non-hydrogen) atoms. The topological polar surface area (TPSA) is 84.6 Å². The summed E-state index contributed by atoms with van der Waals surface area (Å²) in [6.45, 7) is 7.11. The van der Waals surface area contributed by atoms with Crippen LogP contribution in [0.2, 0.25) is 6.82 Å². The summed E-state index contributed by atoms with van der Waals surface area (Å²) in [6.07, 6.45) is 0.272. The third-order valence-electron chi connectivity index (χ3n) is 3.43. The molecule has 3 atom stereocenters. The molecule has 0 radical (unpaired) electrons. The molecular formula is C16H27BN2O3. The Morgan fingerprint density at radius 1 is 1.32 bits per heavy atom. The van der Waals surface area contributed by atoms with Gasteiger partial charge in [0.15, 0.2) is 0 Å². The van der Waals surface area contributed by atoms with E-state index < -0.39 is 13.1 Å². The Labute approximate surface area is 133 Å². The molecule has 6 heteroatoms. The van der Waals surface area contributed by atoms with Crippen molar-refractivity contribution in [3.05, 3.63) is 35.9 Å². The van der Waals surface area contributed by atoms with Crippen LogP contribution in [0.4, 0.5) is 0 Å². The number of rotatable bonds is 8. The lowest BCUT2D eigenvalue weighted by Gasteiger charge is -2.27. The number of ether oxygens (including phenoxy) is 1. The fraction of sp³-hybridized carbons (Fsp3) is 0.562. The van der Waals surface area contributed by atoms with Crippen molar-refractivity contribution in [2.45, 2.75) is 58.1 Å². The van der Waals surface area contributed by atoms with Gasteiger partial charge in [-0.05, 0) is 39.6 Å². The summed E-state index contributed by atoms with van der Waals surface area (Å²) in [5.41, 5.74) is 7.18. The smallest absolute Gasteiger partial charge is 0.374 e. The van der Waals surface area contributed by atoms with E-state index in [0.717, 1.165) is 5.56 Å². The van der Waals surface area contributed by atoms with Crippen LogP contribution in [0.15, 0.2) is 30.3 Å². The van der Waals surface area contributed by atoms with E-state index in [1.54, 1.807) is 20.7 Å². The average Bonchev–Trinajstić information content (AvgIpc) is 2.42. The number of carbonyl (C=O) groups excluding carboxylic acids is 1. The number of hydrogen-bond acceptors (Lipinski definition) is 5. The fourth-order valence-electron chi connectivity index (χ4n) is 2.45. The van der Waals surface area contributed by atoms with Gasteiger partial charge < -0.3 is 20.7 Å². The molecule has 0 fully saturated rings. The molecule has 1 rings (SSSR count). The molecule has 0 saturated heterocycles. The van der Waals surface area contributed by atoms with E-state index in [4.69, 9.17) is 10.5 Å². The van der Waals surface area contributed by atoms with Crippen molar-refractivity contribution in [1.82, 2.24) is 5.23 Å². The standard InChI is InChI=1S/C16H27BN2O3/c1-11(2)22-16(20)15(19-17(4)21)10-14(12(3)18)13-8-6-5-7-9-13/h5-9,11-12,14-15,19,21H,10,18H2,1-4H3/t12-,14?,15?/m1/s1. The molecule has 5 nitrogen and oxygen atoms in total. The molecular weight excluding hydrogens is 279 g/mol. The van der Waals surface area contributed by atoms with Crippen LogP contribution in [0.1, 0.15) is 38.7 Å². The Hall–Kier alpha value is -1.37. The maximum Gasteiger partial charge on any atom is 0.374 e. The Morgan fingerprint density at radius 2 is 1.91 bits per heavy atom. The van der Waals surface area contributed by atoms with E-state index in [1.165, 1.54) is 0 Å². The highest BCUT2D eigenvalue weighted by Gasteiger charge is 2.29. The SMILES string of the molecule is CB(O)NC(CC(c1ccccc1)[C@@H](C)N)C(=O)OC(C)C. The molecule has 0 aliphatic heterocycles. The summed E-state index contributed by atoms with van der Waals surface area (Å²) in [6, 6.07) is 9.14. The Morgan fingerprint density at radius 3 is 2.36 bits per heavy atom. The minimum Gasteiger partial charge on any atom is -0.462 e. The first-order chi connectivity index (χ1) is 10.3. The lowest BCUT2D eigenvalue weighted by atomic mass is 9.82. The number of carbonyl (C=O) groups is 1. The number of hydrogen-bond donors (Lipinski definition) is 3. The van der Waals surface area contributed by atoms with Crippen molar-refractivity contribution >= 4 is 13.0 Å². The maximum atomic E-state index is 12.2. The summed E-state index contributed by atoms with van der Waals surface area (Å²) < 4.78 is 5.28. The highest BCUT2D eigenvalue weighted by Crippen LogP contribution is 2.24. The van der Waals surface area contributed by atoms with Crippen LogP contribution in [0, 0.1) is 0 Å². The molecule has 0 heterocycles. The molecule has 1 aromatic rings. The second kappa shape index (κ2) is 8.93. The Bertz CT molecular complexity index is 452. The van der Waals surface area contributed by atoms with Crippen molar-refractivity contribution in [2.24, 2.45) is 5.73 Å². The lowest BCUT2D eigenvalue weighted by Crippen LogP contribution is -2.48. The van der Waals surface area contributed by atoms with E-state index in [2.05, 4.69) is 5.23 Å². The van der Waals surface area contributed by atoms with Gasteiger partial charge in [-0.1, -0.05) is 30.3 Å². The zero-order valence-corrected chi connectivity index (χ0v) is 13.8. The third kappa shape index (κ3) is 6.18. The molecule has 0 aromatic heterocycles. The number of esters is 1. The largest absolute Gasteiger partial charge is 0.462 e. The third-order valence-corrected chi connectivity index (χ3v) is 3.43. The minimum atomic E-state index is -0.797. The maximum absolute atomic E-state index is 12.2. The van der Waals surface area contributed by atoms with Crippen molar-refractivity contribution in [3.8, 4) is 0 Å². The first kappa shape index (κ1) is 18.7. The second-order valence-electron chi connectivity index (χ2n) is 5.99. The van der Waals surface area contributed by atoms with Gasteiger partial charge >= 0.3 is 13.0 Å². The van der Waals surface area contributed by atoms with Crippen LogP contribution in [-0.4, -0.2) is 36.2 Å². The van der Waals surface area contributed by atoms with Gasteiger partial charge in [0.25, 0.3) is 0 Å². The van der Waals surface area contributed by atoms with Crippen molar-refractivity contribution in [1.29, 1.82) is 0 Å². The van der Waals surface area contributed by atoms with Crippen LogP contribution < -0.4 is 11.0 Å². The van der Waals surface area contributed by atoms with E-state index >= 15 is 0 Å². The van der Waals surface area contributed by atoms with Crippen molar-refractivity contribution in [2.75, 3.05) is 0 Å². The first-order valence-electron chi connectivity index (χ1n) is 7.76. The molecule has 0 spiro atoms. The number of nitrogens with one attached hydrogen (secondary N) is 1. The first-order valence-corrected chi connectivity index (χ1v) is 7.76. The predicted molar refractivity (Wildman–Crippen MR) is 89.4 cm³/mol. The molecule has 2 unspecified atom stereocenters. The molecule has 0 saturated carbocycles. The van der Waals surface area contributed by atoms with Crippen LogP contribution in [-0.2, 0) is 9.53 Å². The number of nitrogens with two attached hydrogens (primary N) is 1. The van der Waals surface area contributed by atoms with Crippen LogP contribution in [0.25, 0.3) is 0 Å². The summed E-state index contributed by atoms with van der Waals surface area (Å²) in [4.78, 5) is 12.2. The second-order valence-corrected chi connectivity index (χ2v) is 5.99. The van der Waals surface area contributed by atoms with Crippen LogP contribution in [0.3, 0.4) is 0 Å². The quantitative estimate of drug-likeness (QED) is 0.501. The summed E-state index contributed by atoms with van der Waals surface area (Å²) >= 11 is 0. The van der Waals surface area contributed by atoms with E-state index in [1.807, 2.05) is 37.3 Å². The van der Waals surface area contributed by atoms with Gasteiger partial charge in [0, 0.05) is 12.0 Å². The van der Waals surface area contributed by atoms with Gasteiger partial charge in [-0.15, -0.1) is 0 Å². The average molecular weight is 306 g/mol. The molecule has 0 aliphatic carbocycles. The summed E-state index contributed by atoms with van der Waals surface area (Å²) in [7, 11) is -0.797. The summed E-state index contributed by atoms with van der Waals surface area (Å²) in [5, 5.41) is 12.4. The van der Waals surface area contributed by atoms with Crippen molar-refractivity contribution in [3.63, 3.8) is 0 Å². The number of benzene rings is 1. The zero-order chi connectivity index (χ0) is 16.7. The van der Waals surface area contributed by atoms with Crippen LogP contribution in [0.5, 0.6) is 0 Å². The van der Waals surface area contributed by atoms with Crippen LogP contribution >= 0.6 is 0 Å². The zero-order valence-electron chi connectivity index (χ0n) is 13.8. The molecule has 0 amide bonds. The van der Waals surface area contributed by atoms with Gasteiger partial charge in [-0.2, -0.15) is 0 Å².